The zero-order valence-electron chi connectivity index (χ0n) is 13.3. The van der Waals surface area contributed by atoms with Crippen LogP contribution in [0.2, 0.25) is 0 Å². The van der Waals surface area contributed by atoms with Crippen LogP contribution in [0, 0.1) is 0 Å². The van der Waals surface area contributed by atoms with E-state index < -0.39 is 0 Å². The van der Waals surface area contributed by atoms with Crippen LogP contribution in [0.1, 0.15) is 18.4 Å². The first kappa shape index (κ1) is 17.3. The molecule has 0 heterocycles. The number of hydrogen-bond donors (Lipinski definition) is 0. The van der Waals surface area contributed by atoms with Gasteiger partial charge in [-0.05, 0) is 51.2 Å². The molecule has 0 amide bonds. The number of methoxy groups -OCH3 is 2. The molecule has 0 atom stereocenters. The van der Waals surface area contributed by atoms with Crippen molar-refractivity contribution in [1.29, 1.82) is 0 Å². The molecule has 0 saturated heterocycles. The van der Waals surface area contributed by atoms with Crippen LogP contribution in [0.4, 0.5) is 0 Å². The lowest BCUT2D eigenvalue weighted by atomic mass is 10.1. The molecule has 118 valence electrons. The number of hydrogen-bond acceptors (Lipinski definition) is 5. The minimum atomic E-state index is -0.216. The highest BCUT2D eigenvalue weighted by Gasteiger charge is 2.09. The van der Waals surface area contributed by atoms with Gasteiger partial charge in [-0.2, -0.15) is 0 Å². The standard InChI is InChI=1S/C16H25NO4/c1-17(2)9-5-6-10-21-16(18)12-13-7-8-14(19-3)15(11-13)20-4/h7-8,11H,5-6,9-10,12H2,1-4H3. The summed E-state index contributed by atoms with van der Waals surface area (Å²) in [5.74, 6) is 1.05. The predicted molar refractivity (Wildman–Crippen MR) is 82.0 cm³/mol. The van der Waals surface area contributed by atoms with Crippen LogP contribution in [0.25, 0.3) is 0 Å². The lowest BCUT2D eigenvalue weighted by Gasteiger charge is -2.10. The second-order valence-electron chi connectivity index (χ2n) is 5.10. The zero-order chi connectivity index (χ0) is 15.7. The Morgan fingerprint density at radius 1 is 1.10 bits per heavy atom. The van der Waals surface area contributed by atoms with Gasteiger partial charge in [-0.1, -0.05) is 6.07 Å². The number of carbonyl (C=O) groups excluding carboxylic acids is 1. The number of ether oxygens (including phenoxy) is 3. The highest BCUT2D eigenvalue weighted by atomic mass is 16.5. The van der Waals surface area contributed by atoms with Crippen LogP contribution in [0.15, 0.2) is 18.2 Å². The molecule has 5 nitrogen and oxygen atoms in total. The summed E-state index contributed by atoms with van der Waals surface area (Å²) >= 11 is 0. The van der Waals surface area contributed by atoms with Crippen molar-refractivity contribution < 1.29 is 19.0 Å². The molecule has 1 rings (SSSR count). The van der Waals surface area contributed by atoms with Crippen LogP contribution < -0.4 is 9.47 Å². The summed E-state index contributed by atoms with van der Waals surface area (Å²) < 4.78 is 15.6. The second kappa shape index (κ2) is 9.23. The Morgan fingerprint density at radius 2 is 1.81 bits per heavy atom. The third-order valence-corrected chi connectivity index (χ3v) is 3.06. The van der Waals surface area contributed by atoms with E-state index in [-0.39, 0.29) is 12.4 Å². The molecule has 1 aromatic rings. The van der Waals surface area contributed by atoms with Crippen molar-refractivity contribution >= 4 is 5.97 Å². The maximum absolute atomic E-state index is 11.8. The molecule has 0 unspecified atom stereocenters. The molecule has 0 bridgehead atoms. The van der Waals surface area contributed by atoms with Crippen molar-refractivity contribution in [1.82, 2.24) is 4.90 Å². The van der Waals surface area contributed by atoms with Gasteiger partial charge >= 0.3 is 5.97 Å². The number of nitrogens with zero attached hydrogens (tertiary/aromatic N) is 1. The SMILES string of the molecule is COc1ccc(CC(=O)OCCCCN(C)C)cc1OC. The van der Waals surface area contributed by atoms with Crippen molar-refractivity contribution in [3.63, 3.8) is 0 Å². The lowest BCUT2D eigenvalue weighted by Crippen LogP contribution is -2.14. The third-order valence-electron chi connectivity index (χ3n) is 3.06. The molecule has 0 radical (unpaired) electrons. The molecule has 0 aliphatic heterocycles. The van der Waals surface area contributed by atoms with E-state index in [4.69, 9.17) is 14.2 Å². The van der Waals surface area contributed by atoms with Crippen molar-refractivity contribution in [3.8, 4) is 11.5 Å². The summed E-state index contributed by atoms with van der Waals surface area (Å²) in [6.45, 7) is 1.48. The van der Waals surface area contributed by atoms with Gasteiger partial charge in [-0.3, -0.25) is 4.79 Å². The van der Waals surface area contributed by atoms with Crippen molar-refractivity contribution in [2.75, 3.05) is 41.5 Å². The van der Waals surface area contributed by atoms with Crippen LogP contribution in [0.5, 0.6) is 11.5 Å². The van der Waals surface area contributed by atoms with E-state index in [1.807, 2.05) is 20.2 Å². The summed E-state index contributed by atoms with van der Waals surface area (Å²) in [6, 6.07) is 5.43. The summed E-state index contributed by atoms with van der Waals surface area (Å²) in [5.41, 5.74) is 0.853. The Labute approximate surface area is 126 Å². The van der Waals surface area contributed by atoms with Gasteiger partial charge in [0.25, 0.3) is 0 Å². The fourth-order valence-corrected chi connectivity index (χ4v) is 1.92. The Morgan fingerprint density at radius 3 is 2.43 bits per heavy atom. The molecule has 0 aliphatic carbocycles. The second-order valence-corrected chi connectivity index (χ2v) is 5.10. The molecule has 0 spiro atoms. The fraction of sp³-hybridized carbons (Fsp3) is 0.562. The Bertz CT molecular complexity index is 446. The fourth-order valence-electron chi connectivity index (χ4n) is 1.92. The normalized spacial score (nSPS) is 10.5. The van der Waals surface area contributed by atoms with Crippen LogP contribution in [0.3, 0.4) is 0 Å². The molecular formula is C16H25NO4. The number of unbranched alkanes of at least 4 members (excludes halogenated alkanes) is 1. The largest absolute Gasteiger partial charge is 0.493 e. The van der Waals surface area contributed by atoms with Crippen molar-refractivity contribution in [2.24, 2.45) is 0 Å². The first-order valence-electron chi connectivity index (χ1n) is 7.08. The van der Waals surface area contributed by atoms with E-state index in [0.717, 1.165) is 24.9 Å². The number of benzene rings is 1. The van der Waals surface area contributed by atoms with Crippen LogP contribution in [-0.4, -0.2) is 52.3 Å². The highest BCUT2D eigenvalue weighted by molar-refractivity contribution is 5.72. The summed E-state index contributed by atoms with van der Waals surface area (Å²) in [4.78, 5) is 13.9. The van der Waals surface area contributed by atoms with E-state index in [1.165, 1.54) is 0 Å². The average molecular weight is 295 g/mol. The van der Waals surface area contributed by atoms with E-state index >= 15 is 0 Å². The highest BCUT2D eigenvalue weighted by Crippen LogP contribution is 2.27. The van der Waals surface area contributed by atoms with Gasteiger partial charge in [-0.15, -0.1) is 0 Å². The number of rotatable bonds is 9. The third kappa shape index (κ3) is 6.49. The molecule has 1 aromatic carbocycles. The average Bonchev–Trinajstić information content (AvgIpc) is 2.46. The molecule has 0 saturated carbocycles. The van der Waals surface area contributed by atoms with Gasteiger partial charge in [0, 0.05) is 0 Å². The predicted octanol–water partition coefficient (Wildman–Crippen LogP) is 2.13. The zero-order valence-corrected chi connectivity index (χ0v) is 13.3. The van der Waals surface area contributed by atoms with E-state index in [0.29, 0.717) is 18.1 Å². The van der Waals surface area contributed by atoms with Crippen molar-refractivity contribution in [3.05, 3.63) is 23.8 Å². The van der Waals surface area contributed by atoms with Crippen LogP contribution >= 0.6 is 0 Å². The molecule has 0 fully saturated rings. The minimum absolute atomic E-state index is 0.216. The molecule has 5 heteroatoms. The Kier molecular flexibility index (Phi) is 7.61. The maximum atomic E-state index is 11.8. The summed E-state index contributed by atoms with van der Waals surface area (Å²) in [6.07, 6.45) is 2.15. The minimum Gasteiger partial charge on any atom is -0.493 e. The van der Waals surface area contributed by atoms with Gasteiger partial charge in [-0.25, -0.2) is 0 Å². The van der Waals surface area contributed by atoms with E-state index in [1.54, 1.807) is 26.4 Å². The van der Waals surface area contributed by atoms with Gasteiger partial charge in [0.2, 0.25) is 0 Å². The number of esters is 1. The topological polar surface area (TPSA) is 48.0 Å². The van der Waals surface area contributed by atoms with Gasteiger partial charge in [0.05, 0.1) is 27.2 Å². The van der Waals surface area contributed by atoms with E-state index in [9.17, 15) is 4.79 Å². The molecule has 0 aromatic heterocycles. The van der Waals surface area contributed by atoms with Gasteiger partial charge < -0.3 is 19.1 Å². The monoisotopic (exact) mass is 295 g/mol. The van der Waals surface area contributed by atoms with E-state index in [2.05, 4.69) is 4.90 Å². The summed E-state index contributed by atoms with van der Waals surface area (Å²) in [5, 5.41) is 0. The summed E-state index contributed by atoms with van der Waals surface area (Å²) in [7, 11) is 7.22. The lowest BCUT2D eigenvalue weighted by molar-refractivity contribution is -0.142. The molecule has 0 aliphatic rings. The first-order chi connectivity index (χ1) is 10.1. The Balaban J connectivity index is 2.37. The number of carbonyl (C=O) groups is 1. The smallest absolute Gasteiger partial charge is 0.310 e. The maximum Gasteiger partial charge on any atom is 0.310 e. The molecule has 21 heavy (non-hydrogen) atoms. The van der Waals surface area contributed by atoms with Gasteiger partial charge in [0.15, 0.2) is 11.5 Å². The van der Waals surface area contributed by atoms with Crippen LogP contribution in [-0.2, 0) is 16.0 Å². The first-order valence-corrected chi connectivity index (χ1v) is 7.08. The molecular weight excluding hydrogens is 270 g/mol. The molecule has 0 N–H and O–H groups in total. The Hall–Kier alpha value is -1.75. The quantitative estimate of drug-likeness (QED) is 0.516. The van der Waals surface area contributed by atoms with Gasteiger partial charge in [0.1, 0.15) is 0 Å². The van der Waals surface area contributed by atoms with Crippen molar-refractivity contribution in [2.45, 2.75) is 19.3 Å².